The number of hydrogen-bond acceptors (Lipinski definition) is 3. The minimum atomic E-state index is -0.899. The second-order valence-corrected chi connectivity index (χ2v) is 3.24. The molecular formula is C10H10N2O3. The van der Waals surface area contributed by atoms with E-state index in [2.05, 4.69) is 10.2 Å². The third kappa shape index (κ3) is 1.90. The van der Waals surface area contributed by atoms with E-state index in [0.717, 1.165) is 5.76 Å². The van der Waals surface area contributed by atoms with E-state index >= 15 is 0 Å². The van der Waals surface area contributed by atoms with Gasteiger partial charge < -0.3 is 9.52 Å². The zero-order chi connectivity index (χ0) is 10.8. The van der Waals surface area contributed by atoms with Crippen LogP contribution in [-0.2, 0) is 11.2 Å². The van der Waals surface area contributed by atoms with Crippen molar-refractivity contribution in [1.82, 2.24) is 10.2 Å². The van der Waals surface area contributed by atoms with Crippen LogP contribution >= 0.6 is 0 Å². The van der Waals surface area contributed by atoms with Gasteiger partial charge in [-0.15, -0.1) is 0 Å². The molecule has 0 amide bonds. The highest BCUT2D eigenvalue weighted by Gasteiger charge is 2.13. The molecule has 0 fully saturated rings. The van der Waals surface area contributed by atoms with Crippen LogP contribution in [-0.4, -0.2) is 21.3 Å². The van der Waals surface area contributed by atoms with Crippen molar-refractivity contribution < 1.29 is 14.3 Å². The van der Waals surface area contributed by atoms with Gasteiger partial charge in [-0.25, -0.2) is 0 Å². The lowest BCUT2D eigenvalue weighted by atomic mass is 10.1. The molecule has 0 saturated carbocycles. The standard InChI is InChI=1S/C10H10N2O3/c1-6-2-3-9(15-6)7-5-11-12-8(7)4-10(13)14/h2-3,5H,4H2,1H3,(H,11,12)(H,13,14). The largest absolute Gasteiger partial charge is 0.481 e. The van der Waals surface area contributed by atoms with Crippen LogP contribution in [0.5, 0.6) is 0 Å². The average Bonchev–Trinajstić information content (AvgIpc) is 2.72. The minimum Gasteiger partial charge on any atom is -0.481 e. The van der Waals surface area contributed by atoms with Gasteiger partial charge in [0.25, 0.3) is 0 Å². The van der Waals surface area contributed by atoms with Crippen molar-refractivity contribution in [1.29, 1.82) is 0 Å². The van der Waals surface area contributed by atoms with Gasteiger partial charge >= 0.3 is 5.97 Å². The maximum Gasteiger partial charge on any atom is 0.309 e. The summed E-state index contributed by atoms with van der Waals surface area (Å²) >= 11 is 0. The SMILES string of the molecule is Cc1ccc(-c2cn[nH]c2CC(=O)O)o1. The van der Waals surface area contributed by atoms with Gasteiger partial charge in [0, 0.05) is 0 Å². The number of nitrogens with zero attached hydrogens (tertiary/aromatic N) is 1. The molecule has 5 nitrogen and oxygen atoms in total. The summed E-state index contributed by atoms with van der Waals surface area (Å²) < 4.78 is 5.40. The third-order valence-corrected chi connectivity index (χ3v) is 2.05. The zero-order valence-corrected chi connectivity index (χ0v) is 8.15. The van der Waals surface area contributed by atoms with E-state index in [1.165, 1.54) is 0 Å². The second-order valence-electron chi connectivity index (χ2n) is 3.24. The summed E-state index contributed by atoms with van der Waals surface area (Å²) in [5.74, 6) is 0.522. The summed E-state index contributed by atoms with van der Waals surface area (Å²) in [5.41, 5.74) is 1.25. The number of carboxylic acids is 1. The van der Waals surface area contributed by atoms with Gasteiger partial charge in [-0.2, -0.15) is 5.10 Å². The molecule has 2 heterocycles. The number of aryl methyl sites for hydroxylation is 1. The Morgan fingerprint density at radius 3 is 3.00 bits per heavy atom. The van der Waals surface area contributed by atoms with Gasteiger partial charge in [-0.3, -0.25) is 9.89 Å². The van der Waals surface area contributed by atoms with Crippen LogP contribution in [0.1, 0.15) is 11.5 Å². The summed E-state index contributed by atoms with van der Waals surface area (Å²) in [4.78, 5) is 10.6. The quantitative estimate of drug-likeness (QED) is 0.799. The summed E-state index contributed by atoms with van der Waals surface area (Å²) in [6, 6.07) is 3.62. The number of aliphatic carboxylic acids is 1. The Balaban J connectivity index is 2.36. The molecule has 0 atom stereocenters. The van der Waals surface area contributed by atoms with Gasteiger partial charge in [-0.1, -0.05) is 0 Å². The van der Waals surface area contributed by atoms with Crippen molar-refractivity contribution in [3.63, 3.8) is 0 Å². The van der Waals surface area contributed by atoms with E-state index in [1.54, 1.807) is 12.3 Å². The molecule has 0 aliphatic rings. The number of H-pyrrole nitrogens is 1. The lowest BCUT2D eigenvalue weighted by Crippen LogP contribution is -2.01. The number of aromatic nitrogens is 2. The average molecular weight is 206 g/mol. The number of rotatable bonds is 3. The number of carboxylic acid groups (broad SMARTS) is 1. The minimum absolute atomic E-state index is 0.0882. The fraction of sp³-hybridized carbons (Fsp3) is 0.200. The highest BCUT2D eigenvalue weighted by Crippen LogP contribution is 2.24. The summed E-state index contributed by atoms with van der Waals surface area (Å²) in [7, 11) is 0. The first-order valence-electron chi connectivity index (χ1n) is 4.47. The fourth-order valence-corrected chi connectivity index (χ4v) is 1.39. The maximum atomic E-state index is 10.6. The van der Waals surface area contributed by atoms with Crippen molar-refractivity contribution in [3.8, 4) is 11.3 Å². The van der Waals surface area contributed by atoms with Crippen molar-refractivity contribution in [2.75, 3.05) is 0 Å². The first kappa shape index (κ1) is 9.51. The molecule has 0 bridgehead atoms. The van der Waals surface area contributed by atoms with E-state index in [0.29, 0.717) is 17.0 Å². The molecule has 15 heavy (non-hydrogen) atoms. The lowest BCUT2D eigenvalue weighted by molar-refractivity contribution is -0.136. The fourth-order valence-electron chi connectivity index (χ4n) is 1.39. The molecule has 0 aliphatic carbocycles. The van der Waals surface area contributed by atoms with Crippen LogP contribution in [0.25, 0.3) is 11.3 Å². The third-order valence-electron chi connectivity index (χ3n) is 2.05. The Morgan fingerprint density at radius 1 is 1.60 bits per heavy atom. The Hall–Kier alpha value is -2.04. The van der Waals surface area contributed by atoms with Gasteiger partial charge in [0.15, 0.2) is 0 Å². The molecule has 5 heteroatoms. The topological polar surface area (TPSA) is 79.1 Å². The second kappa shape index (κ2) is 3.61. The molecule has 0 radical (unpaired) electrons. The molecular weight excluding hydrogens is 196 g/mol. The molecule has 0 aromatic carbocycles. The highest BCUT2D eigenvalue weighted by molar-refractivity contribution is 5.73. The van der Waals surface area contributed by atoms with Crippen LogP contribution in [0.15, 0.2) is 22.7 Å². The van der Waals surface area contributed by atoms with E-state index in [9.17, 15) is 4.79 Å². The highest BCUT2D eigenvalue weighted by atomic mass is 16.4. The monoisotopic (exact) mass is 206 g/mol. The number of nitrogens with one attached hydrogen (secondary N) is 1. The molecule has 78 valence electrons. The molecule has 2 rings (SSSR count). The van der Waals surface area contributed by atoms with Gasteiger partial charge in [0.2, 0.25) is 0 Å². The molecule has 0 unspecified atom stereocenters. The lowest BCUT2D eigenvalue weighted by Gasteiger charge is -1.96. The normalized spacial score (nSPS) is 10.5. The number of aromatic amines is 1. The first-order valence-corrected chi connectivity index (χ1v) is 4.47. The van der Waals surface area contributed by atoms with Gasteiger partial charge in [-0.05, 0) is 19.1 Å². The number of furan rings is 1. The van der Waals surface area contributed by atoms with Crippen LogP contribution in [0.2, 0.25) is 0 Å². The Kier molecular flexibility index (Phi) is 2.29. The first-order chi connectivity index (χ1) is 7.16. The van der Waals surface area contributed by atoms with Crippen molar-refractivity contribution in [2.45, 2.75) is 13.3 Å². The molecule has 0 spiro atoms. The number of carbonyl (C=O) groups is 1. The molecule has 2 aromatic rings. The van der Waals surface area contributed by atoms with Crippen molar-refractivity contribution >= 4 is 5.97 Å². The summed E-state index contributed by atoms with van der Waals surface area (Å²) in [5, 5.41) is 15.1. The van der Waals surface area contributed by atoms with E-state index < -0.39 is 5.97 Å². The summed E-state index contributed by atoms with van der Waals surface area (Å²) in [6.07, 6.45) is 1.48. The molecule has 0 saturated heterocycles. The molecule has 2 N–H and O–H groups in total. The zero-order valence-electron chi connectivity index (χ0n) is 8.15. The smallest absolute Gasteiger partial charge is 0.309 e. The number of hydrogen-bond donors (Lipinski definition) is 2. The van der Waals surface area contributed by atoms with Crippen molar-refractivity contribution in [2.24, 2.45) is 0 Å². The maximum absolute atomic E-state index is 10.6. The van der Waals surface area contributed by atoms with E-state index in [-0.39, 0.29) is 6.42 Å². The van der Waals surface area contributed by atoms with Crippen molar-refractivity contribution in [3.05, 3.63) is 29.8 Å². The predicted octanol–water partition coefficient (Wildman–Crippen LogP) is 1.61. The molecule has 0 aliphatic heterocycles. The van der Waals surface area contributed by atoms with Gasteiger partial charge in [0.1, 0.15) is 11.5 Å². The Bertz CT molecular complexity index is 484. The van der Waals surface area contributed by atoms with Crippen LogP contribution < -0.4 is 0 Å². The van der Waals surface area contributed by atoms with Crippen LogP contribution in [0.4, 0.5) is 0 Å². The Labute approximate surface area is 85.7 Å². The molecule has 2 aromatic heterocycles. The van der Waals surface area contributed by atoms with Crippen LogP contribution in [0, 0.1) is 6.92 Å². The van der Waals surface area contributed by atoms with E-state index in [4.69, 9.17) is 9.52 Å². The summed E-state index contributed by atoms with van der Waals surface area (Å²) in [6.45, 7) is 1.83. The van der Waals surface area contributed by atoms with E-state index in [1.807, 2.05) is 13.0 Å². The predicted molar refractivity (Wildman–Crippen MR) is 52.4 cm³/mol. The Morgan fingerprint density at radius 2 is 2.40 bits per heavy atom. The van der Waals surface area contributed by atoms with Gasteiger partial charge in [0.05, 0.1) is 23.9 Å². The van der Waals surface area contributed by atoms with Crippen LogP contribution in [0.3, 0.4) is 0 Å².